The van der Waals surface area contributed by atoms with E-state index in [0.717, 1.165) is 28.7 Å². The van der Waals surface area contributed by atoms with Crippen LogP contribution in [-0.4, -0.2) is 49.2 Å². The lowest BCUT2D eigenvalue weighted by molar-refractivity contribution is -0.146. The summed E-state index contributed by atoms with van der Waals surface area (Å²) in [7, 11) is 0.159. The van der Waals surface area contributed by atoms with Crippen molar-refractivity contribution >= 4 is 16.9 Å². The third-order valence-electron chi connectivity index (χ3n) is 7.14. The molecule has 0 spiro atoms. The largest absolute Gasteiger partial charge is 0.496 e. The standard InChI is InChI=1S/C26H35F3N4O3S/c1-15-18(8-7-9-20(15)36-6)23-19(31-37(35)25(3,4)5)12-13-32(23)21(34)14-33-24(26(27,28)29)16(2)22(30-33)17-10-11-17/h7-9,17,19,23,31H,10-14H2,1-6H3/t19-,23-,37-/m1/s1. The van der Waals surface area contributed by atoms with E-state index in [1.807, 2.05) is 45.9 Å². The Labute approximate surface area is 218 Å². The number of likely N-dealkylation sites (tertiary alicyclic amines) is 1. The number of methoxy groups -OCH3 is 1. The zero-order valence-electron chi connectivity index (χ0n) is 22.1. The van der Waals surface area contributed by atoms with Gasteiger partial charge in [0, 0.05) is 24.1 Å². The molecule has 2 fully saturated rings. The molecule has 1 aromatic heterocycles. The van der Waals surface area contributed by atoms with Crippen molar-refractivity contribution in [3.05, 3.63) is 46.3 Å². The maximum atomic E-state index is 14.0. The number of carbonyl (C=O) groups excluding carboxylic acids is 1. The van der Waals surface area contributed by atoms with Gasteiger partial charge in [-0.15, -0.1) is 0 Å². The summed E-state index contributed by atoms with van der Waals surface area (Å²) >= 11 is 0. The maximum Gasteiger partial charge on any atom is 0.433 e. The number of amides is 1. The fourth-order valence-corrected chi connectivity index (χ4v) is 5.95. The summed E-state index contributed by atoms with van der Waals surface area (Å²) in [6.07, 6.45) is -2.49. The topological polar surface area (TPSA) is 76.5 Å². The Morgan fingerprint density at radius 1 is 1.16 bits per heavy atom. The van der Waals surface area contributed by atoms with E-state index in [4.69, 9.17) is 4.74 Å². The fourth-order valence-electron chi connectivity index (χ4n) is 5.07. The molecule has 1 aliphatic heterocycles. The zero-order chi connectivity index (χ0) is 27.3. The van der Waals surface area contributed by atoms with Gasteiger partial charge in [-0.3, -0.25) is 9.48 Å². The van der Waals surface area contributed by atoms with Gasteiger partial charge in [0.1, 0.15) is 18.0 Å². The van der Waals surface area contributed by atoms with Crippen molar-refractivity contribution in [3.8, 4) is 5.75 Å². The molecule has 4 rings (SSSR count). The average Bonchev–Trinajstić information content (AvgIpc) is 3.47. The highest BCUT2D eigenvalue weighted by atomic mass is 32.2. The van der Waals surface area contributed by atoms with E-state index in [9.17, 15) is 22.2 Å². The first-order chi connectivity index (χ1) is 17.2. The van der Waals surface area contributed by atoms with E-state index < -0.39 is 46.1 Å². The lowest BCUT2D eigenvalue weighted by Crippen LogP contribution is -2.44. The number of rotatable bonds is 7. The summed E-state index contributed by atoms with van der Waals surface area (Å²) in [5.74, 6) is 0.203. The second kappa shape index (κ2) is 10.1. The predicted molar refractivity (Wildman–Crippen MR) is 136 cm³/mol. The van der Waals surface area contributed by atoms with Gasteiger partial charge in [0.05, 0.1) is 34.6 Å². The molecular formula is C26H35F3N4O3S. The van der Waals surface area contributed by atoms with Crippen molar-refractivity contribution in [2.75, 3.05) is 13.7 Å². The number of carbonyl (C=O) groups is 1. The van der Waals surface area contributed by atoms with Crippen molar-refractivity contribution in [1.82, 2.24) is 19.4 Å². The summed E-state index contributed by atoms with van der Waals surface area (Å²) in [5, 5.41) is 4.26. The third kappa shape index (κ3) is 5.57. The average molecular weight is 541 g/mol. The Hall–Kier alpha value is -2.40. The fraction of sp³-hybridized carbons (Fsp3) is 0.615. The van der Waals surface area contributed by atoms with Crippen LogP contribution >= 0.6 is 0 Å². The number of ether oxygens (including phenoxy) is 1. The Morgan fingerprint density at radius 3 is 2.41 bits per heavy atom. The van der Waals surface area contributed by atoms with Crippen LogP contribution in [0, 0.1) is 13.8 Å². The second-order valence-corrected chi connectivity index (χ2v) is 12.9. The maximum absolute atomic E-state index is 14.0. The van der Waals surface area contributed by atoms with Crippen LogP contribution in [0.2, 0.25) is 0 Å². The van der Waals surface area contributed by atoms with Gasteiger partial charge in [-0.2, -0.15) is 18.3 Å². The van der Waals surface area contributed by atoms with Crippen LogP contribution < -0.4 is 9.46 Å². The molecule has 1 saturated heterocycles. The quantitative estimate of drug-likeness (QED) is 0.548. The number of hydrogen-bond donors (Lipinski definition) is 1. The van der Waals surface area contributed by atoms with Crippen LogP contribution in [0.1, 0.15) is 80.1 Å². The first-order valence-electron chi connectivity index (χ1n) is 12.5. The minimum Gasteiger partial charge on any atom is -0.496 e. The number of aromatic nitrogens is 2. The molecule has 0 radical (unpaired) electrons. The number of hydrogen-bond acceptors (Lipinski definition) is 4. The van der Waals surface area contributed by atoms with Gasteiger partial charge in [-0.05, 0) is 71.1 Å². The molecule has 204 valence electrons. The molecule has 0 unspecified atom stereocenters. The van der Waals surface area contributed by atoms with Crippen LogP contribution in [0.3, 0.4) is 0 Å². The Balaban J connectivity index is 1.69. The molecule has 2 heterocycles. The summed E-state index contributed by atoms with van der Waals surface area (Å²) in [6, 6.07) is 4.64. The molecule has 0 bridgehead atoms. The second-order valence-electron chi connectivity index (χ2n) is 10.9. The number of alkyl halides is 3. The van der Waals surface area contributed by atoms with Crippen molar-refractivity contribution < 1.29 is 26.9 Å². The molecule has 3 atom stereocenters. The van der Waals surface area contributed by atoms with E-state index in [1.165, 1.54) is 6.92 Å². The van der Waals surface area contributed by atoms with Gasteiger partial charge in [-0.1, -0.05) is 12.1 Å². The van der Waals surface area contributed by atoms with Gasteiger partial charge in [-0.25, -0.2) is 8.93 Å². The van der Waals surface area contributed by atoms with Crippen molar-refractivity contribution in [1.29, 1.82) is 0 Å². The monoisotopic (exact) mass is 540 g/mol. The summed E-state index contributed by atoms with van der Waals surface area (Å²) in [6.45, 7) is 8.69. The molecule has 1 saturated carbocycles. The molecule has 2 aromatic rings. The molecule has 1 amide bonds. The summed E-state index contributed by atoms with van der Waals surface area (Å²) in [4.78, 5) is 15.2. The number of halogens is 3. The lowest BCUT2D eigenvalue weighted by atomic mass is 9.95. The number of nitrogens with one attached hydrogen (secondary N) is 1. The molecule has 2 aliphatic rings. The van der Waals surface area contributed by atoms with Gasteiger partial charge in [0.2, 0.25) is 5.91 Å². The first kappa shape index (κ1) is 27.6. The molecule has 1 N–H and O–H groups in total. The van der Waals surface area contributed by atoms with Crippen molar-refractivity contribution in [3.63, 3.8) is 0 Å². The van der Waals surface area contributed by atoms with Gasteiger partial charge >= 0.3 is 6.18 Å². The molecular weight excluding hydrogens is 505 g/mol. The minimum absolute atomic E-state index is 0.0254. The normalized spacial score (nSPS) is 21.4. The molecule has 1 aliphatic carbocycles. The van der Waals surface area contributed by atoms with Gasteiger partial charge in [0.25, 0.3) is 0 Å². The van der Waals surface area contributed by atoms with Crippen LogP contribution in [0.25, 0.3) is 0 Å². The Bertz CT molecular complexity index is 1200. The molecule has 11 heteroatoms. The summed E-state index contributed by atoms with van der Waals surface area (Å²) < 4.78 is 63.9. The molecule has 7 nitrogen and oxygen atoms in total. The van der Waals surface area contributed by atoms with E-state index in [1.54, 1.807) is 12.0 Å². The predicted octanol–water partition coefficient (Wildman–Crippen LogP) is 4.80. The third-order valence-corrected chi connectivity index (χ3v) is 8.77. The SMILES string of the molecule is COc1cccc([C@@H]2[C@H](N[S@](=O)C(C)(C)C)CCN2C(=O)Cn2nc(C3CC3)c(C)c2C(F)(F)F)c1C. The van der Waals surface area contributed by atoms with Crippen molar-refractivity contribution in [2.24, 2.45) is 0 Å². The highest BCUT2D eigenvalue weighted by Crippen LogP contribution is 2.44. The first-order valence-corrected chi connectivity index (χ1v) is 13.6. The van der Waals surface area contributed by atoms with Gasteiger partial charge < -0.3 is 9.64 Å². The smallest absolute Gasteiger partial charge is 0.433 e. The number of nitrogens with zero attached hydrogens (tertiary/aromatic N) is 3. The zero-order valence-corrected chi connectivity index (χ0v) is 22.9. The van der Waals surface area contributed by atoms with E-state index in [2.05, 4.69) is 9.82 Å². The molecule has 37 heavy (non-hydrogen) atoms. The van der Waals surface area contributed by atoms with E-state index >= 15 is 0 Å². The molecule has 1 aromatic carbocycles. The van der Waals surface area contributed by atoms with Crippen LogP contribution in [0.5, 0.6) is 5.75 Å². The number of benzene rings is 1. The van der Waals surface area contributed by atoms with Crippen LogP contribution in [-0.2, 0) is 28.5 Å². The van der Waals surface area contributed by atoms with Crippen LogP contribution in [0.4, 0.5) is 13.2 Å². The van der Waals surface area contributed by atoms with Crippen molar-refractivity contribution in [2.45, 2.75) is 89.4 Å². The summed E-state index contributed by atoms with van der Waals surface area (Å²) in [5.41, 5.74) is 1.30. The Kier molecular flexibility index (Phi) is 7.51. The lowest BCUT2D eigenvalue weighted by Gasteiger charge is -2.32. The van der Waals surface area contributed by atoms with Crippen LogP contribution in [0.15, 0.2) is 18.2 Å². The Morgan fingerprint density at radius 2 is 1.84 bits per heavy atom. The van der Waals surface area contributed by atoms with E-state index in [-0.39, 0.29) is 17.5 Å². The minimum atomic E-state index is -4.62. The highest BCUT2D eigenvalue weighted by Gasteiger charge is 2.44. The van der Waals surface area contributed by atoms with Gasteiger partial charge in [0.15, 0.2) is 0 Å². The highest BCUT2D eigenvalue weighted by molar-refractivity contribution is 7.84. The van der Waals surface area contributed by atoms with E-state index in [0.29, 0.717) is 24.4 Å².